The van der Waals surface area contributed by atoms with Crippen LogP contribution in [-0.4, -0.2) is 141 Å². The molecule has 4 aliphatic heterocycles. The maximum atomic E-state index is 15.4. The lowest BCUT2D eigenvalue weighted by atomic mass is 10.0. The minimum Gasteiger partial charge on any atom is -0.385 e. The second kappa shape index (κ2) is 23.2. The molecule has 28 nitrogen and oxygen atoms in total. The van der Waals surface area contributed by atoms with E-state index in [4.69, 9.17) is 33.3 Å². The first-order valence-electron chi connectivity index (χ1n) is 24.6. The summed E-state index contributed by atoms with van der Waals surface area (Å²) in [4.78, 5) is 107. The number of imide groups is 1. The quantitative estimate of drug-likeness (QED) is 0.0400. The minimum absolute atomic E-state index is 0.0407. The molecule has 78 heavy (non-hydrogen) atoms. The molecule has 0 radical (unpaired) electrons. The molecule has 10 atom stereocenters. The zero-order chi connectivity index (χ0) is 55.7. The standard InChI is InChI=1S/C46H55FN12O16P2S/c1-24(2)37(56-32(60)7-5-4-6-14-57-33(61)12-13-34(57)62)45(66)54-25(3)43(64)55-27-10-8-26(9-11-27)19-78-77(69)72-18-31-39(63)46(20-70-31,59-16-28(47)36-41(59)50-22-52-44(36)65)75-76(67,68)71-17-30-29(74-77)15-35(73-30)58-23-53-38-40(48)49-21-51-42(38)58/h8-13,16,21-25,29-31,35,37,39,63H,4-7,14-15,17-20H2,1-3H3,(H,54,66)(H,55,64)(H,56,60)(H,67,68)(H2,48,49,51)(H,50,52,65)/t25-,29-,30?,31+,35+,37-,39+,46+,77?/m0/s1. The number of nitrogens with one attached hydrogen (secondary N) is 4. The van der Waals surface area contributed by atoms with Gasteiger partial charge >= 0.3 is 14.6 Å². The molecule has 5 amide bonds. The minimum atomic E-state index is -5.33. The Bertz CT molecular complexity index is 3290. The van der Waals surface area contributed by atoms with Crippen LogP contribution in [0.2, 0.25) is 0 Å². The highest BCUT2D eigenvalue weighted by Crippen LogP contribution is 2.65. The highest BCUT2D eigenvalue weighted by atomic mass is 32.7. The number of fused-ring (bicyclic) bond motifs is 5. The molecule has 8 N–H and O–H groups in total. The molecule has 8 heterocycles. The van der Waals surface area contributed by atoms with Gasteiger partial charge in [-0.05, 0) is 54.8 Å². The predicted octanol–water partition coefficient (Wildman–Crippen LogP) is 2.65. The van der Waals surface area contributed by atoms with E-state index in [-0.39, 0.29) is 71.4 Å². The number of benzene rings is 1. The molecule has 3 saturated heterocycles. The summed E-state index contributed by atoms with van der Waals surface area (Å²) < 4.78 is 82.5. The number of aromatic amines is 1. The third kappa shape index (κ3) is 12.1. The molecular weight excluding hydrogens is 1090 g/mol. The Hall–Kier alpha value is -6.30. The second-order valence-electron chi connectivity index (χ2n) is 19.1. The maximum absolute atomic E-state index is 15.4. The van der Waals surface area contributed by atoms with Gasteiger partial charge in [0, 0.05) is 49.2 Å². The number of rotatable bonds is 17. The number of amides is 5. The molecule has 0 saturated carbocycles. The number of hydrogen-bond acceptors (Lipinski definition) is 21. The highest BCUT2D eigenvalue weighted by molar-refractivity contribution is 8.54. The molecule has 2 bridgehead atoms. The normalized spacial score (nSPS) is 27.3. The van der Waals surface area contributed by atoms with Crippen LogP contribution >= 0.6 is 26.0 Å². The fourth-order valence-electron chi connectivity index (χ4n) is 9.14. The van der Waals surface area contributed by atoms with Crippen molar-refractivity contribution in [3.8, 4) is 0 Å². The Morgan fingerprint density at radius 3 is 2.44 bits per heavy atom. The number of carbonyl (C=O) groups excluding carboxylic acids is 5. The van der Waals surface area contributed by atoms with Crippen molar-refractivity contribution in [1.29, 1.82) is 0 Å². The van der Waals surface area contributed by atoms with E-state index in [0.717, 1.165) is 33.4 Å². The van der Waals surface area contributed by atoms with Gasteiger partial charge < -0.3 is 46.1 Å². The number of nitrogens with two attached hydrogens (primary N) is 1. The summed E-state index contributed by atoms with van der Waals surface area (Å²) in [7, 11) is -5.33. The number of hydrogen-bond donors (Lipinski definition) is 7. The first-order chi connectivity index (χ1) is 37.1. The summed E-state index contributed by atoms with van der Waals surface area (Å²) >= 11 is 0.734. The predicted molar refractivity (Wildman–Crippen MR) is 273 cm³/mol. The van der Waals surface area contributed by atoms with Gasteiger partial charge in [0.1, 0.15) is 60.0 Å². The zero-order valence-corrected chi connectivity index (χ0v) is 44.6. The number of imidazole rings is 1. The summed E-state index contributed by atoms with van der Waals surface area (Å²) in [5.74, 6) is -3.65. The van der Waals surface area contributed by atoms with E-state index in [1.807, 2.05) is 0 Å². The van der Waals surface area contributed by atoms with E-state index < -0.39 is 111 Å². The number of aliphatic hydroxyl groups is 1. The van der Waals surface area contributed by atoms with Gasteiger partial charge in [0.15, 0.2) is 22.9 Å². The maximum Gasteiger partial charge on any atom is 0.474 e. The summed E-state index contributed by atoms with van der Waals surface area (Å²) in [5, 5.41) is 19.5. The topological polar surface area (TPSA) is 375 Å². The Balaban J connectivity index is 0.866. The number of ether oxygens (including phenoxy) is 2. The Labute approximate surface area is 446 Å². The first-order valence-corrected chi connectivity index (χ1v) is 29.2. The van der Waals surface area contributed by atoms with E-state index in [0.29, 0.717) is 30.5 Å². The van der Waals surface area contributed by atoms with Gasteiger partial charge in [-0.25, -0.2) is 33.5 Å². The number of nitrogen functional groups attached to an aromatic ring is 1. The van der Waals surface area contributed by atoms with Gasteiger partial charge in [0.2, 0.25) is 23.4 Å². The number of phosphoric ester groups is 1. The van der Waals surface area contributed by atoms with Crippen molar-refractivity contribution in [2.45, 2.75) is 107 Å². The summed E-state index contributed by atoms with van der Waals surface area (Å²) in [6, 6.07) is 4.40. The summed E-state index contributed by atoms with van der Waals surface area (Å²) in [6.07, 6.45) is 1.40. The van der Waals surface area contributed by atoms with Crippen LogP contribution in [-0.2, 0) is 72.1 Å². The van der Waals surface area contributed by atoms with Gasteiger partial charge in [-0.1, -0.05) is 32.4 Å². The molecule has 32 heteroatoms. The van der Waals surface area contributed by atoms with Crippen LogP contribution in [0.15, 0.2) is 66.4 Å². The van der Waals surface area contributed by atoms with Gasteiger partial charge in [-0.2, -0.15) is 0 Å². The number of aromatic nitrogens is 7. The van der Waals surface area contributed by atoms with Crippen LogP contribution < -0.4 is 27.2 Å². The van der Waals surface area contributed by atoms with E-state index in [1.165, 1.54) is 36.3 Å². The Morgan fingerprint density at radius 2 is 1.69 bits per heavy atom. The number of nitrogens with zero attached hydrogens (tertiary/aromatic N) is 7. The molecule has 9 rings (SSSR count). The molecule has 4 aliphatic rings. The van der Waals surface area contributed by atoms with E-state index in [9.17, 15) is 43.3 Å². The number of H-pyrrole nitrogens is 1. The molecule has 418 valence electrons. The number of halogens is 1. The highest BCUT2D eigenvalue weighted by Gasteiger charge is 2.58. The smallest absolute Gasteiger partial charge is 0.385 e. The lowest BCUT2D eigenvalue weighted by Gasteiger charge is -2.34. The summed E-state index contributed by atoms with van der Waals surface area (Å²) in [5.41, 5.74) is 3.68. The van der Waals surface area contributed by atoms with Crippen molar-refractivity contribution in [3.05, 3.63) is 83.3 Å². The number of anilines is 2. The number of unbranched alkanes of at least 4 members (excludes halogenated alkanes) is 2. The molecule has 5 aromatic rings. The first kappa shape index (κ1) is 56.4. The van der Waals surface area contributed by atoms with Crippen molar-refractivity contribution in [1.82, 2.24) is 49.6 Å². The monoisotopic (exact) mass is 1140 g/mol. The molecular formula is C46H55FN12O16P2S. The zero-order valence-electron chi connectivity index (χ0n) is 42.0. The fourth-order valence-corrected chi connectivity index (χ4v) is 13.6. The van der Waals surface area contributed by atoms with Crippen LogP contribution in [0, 0.1) is 11.7 Å². The SMILES string of the molecule is CC(C)[C@H](NC(=O)CCCCCN1C(=O)C=CC1=O)C(=O)N[C@@H](C)C(=O)Nc1ccc(CSP2(=O)OC[C@H]3OC[C@@](n4cc(F)c5c(=O)[nH]cnc54)(OP(=O)(O)OCC4O[C@@H](n5cnc6c(N)ncnc65)C[C@@H]4O2)[C@@H]3O)cc1. The lowest BCUT2D eigenvalue weighted by molar-refractivity contribution is -0.137. The molecule has 0 spiro atoms. The van der Waals surface area contributed by atoms with Gasteiger partial charge in [0.05, 0.1) is 32.5 Å². The van der Waals surface area contributed by atoms with Crippen LogP contribution in [0.1, 0.15) is 64.7 Å². The Morgan fingerprint density at radius 1 is 0.949 bits per heavy atom. The van der Waals surface area contributed by atoms with E-state index in [2.05, 4.69) is 40.9 Å². The number of carbonyl (C=O) groups is 5. The summed E-state index contributed by atoms with van der Waals surface area (Å²) in [6.45, 7) is -1.42. The average molecular weight is 1150 g/mol. The molecule has 0 aliphatic carbocycles. The van der Waals surface area contributed by atoms with E-state index in [1.54, 1.807) is 38.1 Å². The average Bonchev–Trinajstić information content (AvgIpc) is 4.34. The van der Waals surface area contributed by atoms with Crippen molar-refractivity contribution in [2.75, 3.05) is 37.4 Å². The molecule has 3 unspecified atom stereocenters. The van der Waals surface area contributed by atoms with Crippen molar-refractivity contribution in [2.24, 2.45) is 5.92 Å². The molecule has 1 aromatic carbocycles. The van der Waals surface area contributed by atoms with Crippen LogP contribution in [0.4, 0.5) is 15.9 Å². The second-order valence-corrected chi connectivity index (χ2v) is 24.5. The van der Waals surface area contributed by atoms with Crippen LogP contribution in [0.3, 0.4) is 0 Å². The largest absolute Gasteiger partial charge is 0.474 e. The number of aliphatic hydroxyl groups excluding tert-OH is 1. The van der Waals surface area contributed by atoms with Crippen LogP contribution in [0.25, 0.3) is 22.2 Å². The van der Waals surface area contributed by atoms with Gasteiger partial charge in [0.25, 0.3) is 17.4 Å². The third-order valence-electron chi connectivity index (χ3n) is 13.3. The van der Waals surface area contributed by atoms with E-state index >= 15 is 8.96 Å². The van der Waals surface area contributed by atoms with Crippen molar-refractivity contribution < 1.29 is 75.1 Å². The lowest BCUT2D eigenvalue weighted by Crippen LogP contribution is -2.53. The Kier molecular flexibility index (Phi) is 16.8. The number of phosphoric acid groups is 1. The van der Waals surface area contributed by atoms with Gasteiger partial charge in [-0.3, -0.25) is 60.9 Å². The fraction of sp³-hybridized carbons (Fsp3) is 0.478. The van der Waals surface area contributed by atoms with Gasteiger partial charge in [-0.15, -0.1) is 0 Å². The third-order valence-corrected chi connectivity index (χ3v) is 18.0. The van der Waals surface area contributed by atoms with Crippen LogP contribution in [0.5, 0.6) is 0 Å². The van der Waals surface area contributed by atoms with Crippen molar-refractivity contribution in [3.63, 3.8) is 0 Å². The molecule has 3 fully saturated rings. The van der Waals surface area contributed by atoms with Crippen molar-refractivity contribution >= 4 is 89.2 Å². The molecule has 4 aromatic heterocycles.